The lowest BCUT2D eigenvalue weighted by molar-refractivity contribution is -0.132. The number of amides is 2. The molecule has 1 N–H and O–H groups in total. The van der Waals surface area contributed by atoms with Crippen molar-refractivity contribution in [2.75, 3.05) is 33.3 Å². The number of nitrogens with zero attached hydrogens (tertiary/aromatic N) is 2. The third-order valence-electron chi connectivity index (χ3n) is 8.44. The Labute approximate surface area is 254 Å². The number of likely N-dealkylation sites (N-methyl/N-ethyl adjacent to an activating group) is 1. The molecular formula is C36H41N3O4. The summed E-state index contributed by atoms with van der Waals surface area (Å²) in [7, 11) is 1.87. The van der Waals surface area contributed by atoms with Crippen LogP contribution in [-0.4, -0.2) is 72.8 Å². The number of hydrogen-bond acceptors (Lipinski definition) is 5. The molecule has 0 saturated carbocycles. The summed E-state index contributed by atoms with van der Waals surface area (Å²) in [6.45, 7) is 5.43. The molecule has 43 heavy (non-hydrogen) atoms. The van der Waals surface area contributed by atoms with Gasteiger partial charge in [-0.05, 0) is 67.0 Å². The van der Waals surface area contributed by atoms with Crippen LogP contribution in [0.4, 0.5) is 0 Å². The Morgan fingerprint density at radius 2 is 1.58 bits per heavy atom. The van der Waals surface area contributed by atoms with Crippen molar-refractivity contribution in [3.05, 3.63) is 107 Å². The Hall–Kier alpha value is -4.23. The molecule has 2 unspecified atom stereocenters. The molecule has 0 aromatic heterocycles. The molecule has 7 nitrogen and oxygen atoms in total. The van der Waals surface area contributed by atoms with Gasteiger partial charge in [-0.2, -0.15) is 0 Å². The molecule has 2 bridgehead atoms. The van der Waals surface area contributed by atoms with Crippen molar-refractivity contribution in [1.29, 1.82) is 0 Å². The van der Waals surface area contributed by atoms with Crippen LogP contribution >= 0.6 is 0 Å². The lowest BCUT2D eigenvalue weighted by Crippen LogP contribution is -2.61. The summed E-state index contributed by atoms with van der Waals surface area (Å²) >= 11 is 0. The normalized spacial score (nSPS) is 17.9. The van der Waals surface area contributed by atoms with Crippen LogP contribution in [0, 0.1) is 0 Å². The Morgan fingerprint density at radius 1 is 0.884 bits per heavy atom. The molecule has 5 rings (SSSR count). The zero-order valence-corrected chi connectivity index (χ0v) is 25.3. The van der Waals surface area contributed by atoms with E-state index in [9.17, 15) is 14.4 Å². The first kappa shape index (κ1) is 30.2. The van der Waals surface area contributed by atoms with Crippen LogP contribution in [0.2, 0.25) is 0 Å². The summed E-state index contributed by atoms with van der Waals surface area (Å²) in [6.07, 6.45) is 3.14. The van der Waals surface area contributed by atoms with Gasteiger partial charge in [-0.3, -0.25) is 14.4 Å². The zero-order valence-electron chi connectivity index (χ0n) is 25.3. The molecule has 0 aliphatic carbocycles. The number of fused-ring (bicyclic) bond motifs is 2. The van der Waals surface area contributed by atoms with E-state index in [4.69, 9.17) is 4.74 Å². The lowest BCUT2D eigenvalue weighted by Gasteiger charge is -2.44. The van der Waals surface area contributed by atoms with Crippen LogP contribution in [0.25, 0.3) is 5.57 Å². The van der Waals surface area contributed by atoms with Gasteiger partial charge in [-0.1, -0.05) is 66.7 Å². The lowest BCUT2D eigenvalue weighted by atomic mass is 9.82. The fourth-order valence-corrected chi connectivity index (χ4v) is 6.09. The van der Waals surface area contributed by atoms with Gasteiger partial charge >= 0.3 is 0 Å². The molecule has 3 aromatic carbocycles. The number of benzene rings is 3. The number of ether oxygens (including phenoxy) is 1. The maximum atomic E-state index is 14.0. The monoisotopic (exact) mass is 579 g/mol. The summed E-state index contributed by atoms with van der Waals surface area (Å²) in [5, 5.41) is 3.63. The van der Waals surface area contributed by atoms with Crippen LogP contribution in [0.15, 0.2) is 84.4 Å². The van der Waals surface area contributed by atoms with E-state index >= 15 is 0 Å². The quantitative estimate of drug-likeness (QED) is 0.257. The largest absolute Gasteiger partial charge is 0.493 e. The van der Waals surface area contributed by atoms with Gasteiger partial charge in [0.15, 0.2) is 5.78 Å². The fraction of sp³-hybridized carbons (Fsp3) is 0.361. The van der Waals surface area contributed by atoms with Crippen LogP contribution in [0.1, 0.15) is 53.7 Å². The van der Waals surface area contributed by atoms with Gasteiger partial charge < -0.3 is 19.9 Å². The van der Waals surface area contributed by atoms with E-state index in [2.05, 4.69) is 41.7 Å². The summed E-state index contributed by atoms with van der Waals surface area (Å²) in [6, 6.07) is 26.0. The number of nitrogens with one attached hydrogen (secondary N) is 1. The number of para-hydroxylation sites is 1. The summed E-state index contributed by atoms with van der Waals surface area (Å²) < 4.78 is 5.91. The highest BCUT2D eigenvalue weighted by atomic mass is 16.5. The summed E-state index contributed by atoms with van der Waals surface area (Å²) in [5.74, 6) is 0.682. The molecular weight excluding hydrogens is 538 g/mol. The molecule has 2 heterocycles. The second kappa shape index (κ2) is 13.8. The first-order valence-electron chi connectivity index (χ1n) is 15.2. The Balaban J connectivity index is 1.30. The van der Waals surface area contributed by atoms with Gasteiger partial charge in [0.05, 0.1) is 18.2 Å². The highest BCUT2D eigenvalue weighted by Crippen LogP contribution is 2.34. The minimum atomic E-state index is -0.201. The molecule has 2 atom stereocenters. The molecule has 1 fully saturated rings. The molecule has 7 heteroatoms. The molecule has 2 aliphatic heterocycles. The summed E-state index contributed by atoms with van der Waals surface area (Å²) in [5.41, 5.74) is 5.89. The number of ketones is 1. The van der Waals surface area contributed by atoms with E-state index in [1.54, 1.807) is 19.9 Å². The van der Waals surface area contributed by atoms with Crippen LogP contribution in [0.3, 0.4) is 0 Å². The average molecular weight is 580 g/mol. The zero-order chi connectivity index (χ0) is 30.3. The maximum absolute atomic E-state index is 14.0. The third-order valence-corrected chi connectivity index (χ3v) is 8.44. The molecule has 2 amide bonds. The van der Waals surface area contributed by atoms with E-state index in [1.807, 2.05) is 53.2 Å². The fourth-order valence-electron chi connectivity index (χ4n) is 6.09. The number of carbonyl (C=O) groups excluding carboxylic acids is 3. The third kappa shape index (κ3) is 7.41. The van der Waals surface area contributed by atoms with Crippen molar-refractivity contribution >= 4 is 23.2 Å². The number of aryl methyl sites for hydroxylation is 1. The van der Waals surface area contributed by atoms with E-state index in [-0.39, 0.29) is 29.7 Å². The molecule has 224 valence electrons. The van der Waals surface area contributed by atoms with E-state index < -0.39 is 0 Å². The Bertz CT molecular complexity index is 1480. The van der Waals surface area contributed by atoms with Crippen LogP contribution < -0.4 is 10.1 Å². The van der Waals surface area contributed by atoms with Crippen LogP contribution in [0.5, 0.6) is 5.75 Å². The number of rotatable bonds is 11. The first-order chi connectivity index (χ1) is 20.8. The van der Waals surface area contributed by atoms with Gasteiger partial charge in [0.25, 0.3) is 5.91 Å². The van der Waals surface area contributed by atoms with E-state index in [0.29, 0.717) is 44.0 Å². The van der Waals surface area contributed by atoms with Crippen molar-refractivity contribution < 1.29 is 19.1 Å². The van der Waals surface area contributed by atoms with Gasteiger partial charge in [-0.15, -0.1) is 0 Å². The van der Waals surface area contributed by atoms with Gasteiger partial charge in [-0.25, -0.2) is 0 Å². The molecule has 3 aromatic rings. The van der Waals surface area contributed by atoms with Crippen molar-refractivity contribution in [3.63, 3.8) is 0 Å². The highest BCUT2D eigenvalue weighted by molar-refractivity contribution is 6.03. The number of hydrogen-bond donors (Lipinski definition) is 1. The summed E-state index contributed by atoms with van der Waals surface area (Å²) in [4.78, 5) is 41.8. The second-order valence-electron chi connectivity index (χ2n) is 11.6. The minimum absolute atomic E-state index is 0.00298. The molecule has 0 spiro atoms. The number of piperazine rings is 1. The standard InChI is InChI=1S/C36H41N3O4/c1-25(40)31-13-7-8-14-34(31)43-21-9-12-28-15-17-29(18-16-28)32-22-30-23-39(26(2)41)24-33(37-30)35(32)36(42)38(3)20-19-27-10-5-4-6-11-27/h4-8,10-11,13-18,30,33,37H,9,12,19-24H2,1-3H3. The van der Waals surface area contributed by atoms with E-state index in [0.717, 1.165) is 36.0 Å². The smallest absolute Gasteiger partial charge is 0.251 e. The predicted molar refractivity (Wildman–Crippen MR) is 169 cm³/mol. The van der Waals surface area contributed by atoms with Gasteiger partial charge in [0.2, 0.25) is 5.91 Å². The van der Waals surface area contributed by atoms with E-state index in [1.165, 1.54) is 11.1 Å². The highest BCUT2D eigenvalue weighted by Gasteiger charge is 2.39. The average Bonchev–Trinajstić information content (AvgIpc) is 3.02. The minimum Gasteiger partial charge on any atom is -0.493 e. The van der Waals surface area contributed by atoms with Crippen molar-refractivity contribution in [2.45, 2.75) is 51.6 Å². The SMILES string of the molecule is CC(=O)c1ccccc1OCCCc1ccc(C2=C(C(=O)N(C)CCc3ccccc3)C3CN(C(C)=O)CC(C2)N3)cc1. The second-order valence-corrected chi connectivity index (χ2v) is 11.6. The number of carbonyl (C=O) groups is 3. The van der Waals surface area contributed by atoms with Gasteiger partial charge in [0, 0.05) is 45.2 Å². The van der Waals surface area contributed by atoms with Crippen LogP contribution in [-0.2, 0) is 22.4 Å². The molecule has 1 saturated heterocycles. The Morgan fingerprint density at radius 3 is 2.30 bits per heavy atom. The molecule has 0 radical (unpaired) electrons. The van der Waals surface area contributed by atoms with Gasteiger partial charge in [0.1, 0.15) is 5.75 Å². The maximum Gasteiger partial charge on any atom is 0.251 e. The van der Waals surface area contributed by atoms with Crippen molar-refractivity contribution in [1.82, 2.24) is 15.1 Å². The Kier molecular flexibility index (Phi) is 9.72. The van der Waals surface area contributed by atoms with Crippen molar-refractivity contribution in [2.24, 2.45) is 0 Å². The first-order valence-corrected chi connectivity index (χ1v) is 15.2. The predicted octanol–water partition coefficient (Wildman–Crippen LogP) is 4.95. The topological polar surface area (TPSA) is 79.0 Å². The molecule has 2 aliphatic rings. The van der Waals surface area contributed by atoms with Crippen molar-refractivity contribution in [3.8, 4) is 5.75 Å². The number of Topliss-reactive ketones (excluding diaryl/α,β-unsaturated/α-hetero) is 1.